The van der Waals surface area contributed by atoms with Crippen LogP contribution < -0.4 is 5.43 Å². The number of hydrogen-bond acceptors (Lipinski definition) is 5. The van der Waals surface area contributed by atoms with Gasteiger partial charge in [-0.25, -0.2) is 9.97 Å². The van der Waals surface area contributed by atoms with Crippen LogP contribution in [0.4, 0.5) is 5.82 Å². The molecule has 5 heteroatoms. The number of allylic oxidation sites excluding steroid dienone is 1. The number of nitrogens with one attached hydrogen (secondary N) is 1. The van der Waals surface area contributed by atoms with Crippen LogP contribution in [0.2, 0.25) is 0 Å². The molecule has 0 atom stereocenters. The smallest absolute Gasteiger partial charge is 0.150 e. The molecule has 92 valence electrons. The van der Waals surface area contributed by atoms with Crippen LogP contribution in [0.15, 0.2) is 40.1 Å². The average Bonchev–Trinajstić information content (AvgIpc) is 2.80. The van der Waals surface area contributed by atoms with Crippen LogP contribution in [0.3, 0.4) is 0 Å². The third-order valence-corrected chi connectivity index (χ3v) is 2.11. The first kappa shape index (κ1) is 12.0. The first-order valence-electron chi connectivity index (χ1n) is 5.55. The summed E-state index contributed by atoms with van der Waals surface area (Å²) in [4.78, 5) is 8.39. The maximum absolute atomic E-state index is 5.14. The molecular formula is C13H14N4O. The largest absolute Gasteiger partial charge is 0.465 e. The third kappa shape index (κ3) is 3.55. The molecule has 5 nitrogen and oxygen atoms in total. The summed E-state index contributed by atoms with van der Waals surface area (Å²) < 4.78 is 5.14. The van der Waals surface area contributed by atoms with E-state index in [2.05, 4.69) is 20.5 Å². The van der Waals surface area contributed by atoms with Gasteiger partial charge in [0, 0.05) is 18.0 Å². The molecule has 0 bridgehead atoms. The van der Waals surface area contributed by atoms with E-state index in [0.29, 0.717) is 5.82 Å². The Morgan fingerprint density at radius 1 is 1.33 bits per heavy atom. The van der Waals surface area contributed by atoms with Gasteiger partial charge in [0.15, 0.2) is 0 Å². The number of hydrazone groups is 1. The van der Waals surface area contributed by atoms with Crippen molar-refractivity contribution in [2.24, 2.45) is 5.10 Å². The number of nitrogens with zero attached hydrogens (tertiary/aromatic N) is 3. The van der Waals surface area contributed by atoms with Crippen LogP contribution in [-0.2, 0) is 0 Å². The van der Waals surface area contributed by atoms with Gasteiger partial charge in [-0.1, -0.05) is 0 Å². The topological polar surface area (TPSA) is 63.3 Å². The molecule has 0 aliphatic carbocycles. The van der Waals surface area contributed by atoms with Gasteiger partial charge in [0.1, 0.15) is 17.4 Å². The van der Waals surface area contributed by atoms with Crippen molar-refractivity contribution in [2.45, 2.75) is 13.8 Å². The van der Waals surface area contributed by atoms with Crippen LogP contribution in [0, 0.1) is 13.8 Å². The lowest BCUT2D eigenvalue weighted by Crippen LogP contribution is -1.97. The molecule has 1 N–H and O–H groups in total. The Labute approximate surface area is 105 Å². The second-order valence-corrected chi connectivity index (χ2v) is 3.71. The number of hydrogen-bond donors (Lipinski definition) is 1. The van der Waals surface area contributed by atoms with Crippen molar-refractivity contribution >= 4 is 18.1 Å². The lowest BCUT2D eigenvalue weighted by molar-refractivity contribution is 0.557. The molecule has 0 aliphatic rings. The number of aryl methyl sites for hydroxylation is 2. The molecule has 0 saturated carbocycles. The van der Waals surface area contributed by atoms with Crippen molar-refractivity contribution in [2.75, 3.05) is 5.43 Å². The maximum atomic E-state index is 5.14. The fraction of sp³-hybridized carbons (Fsp3) is 0.154. The summed E-state index contributed by atoms with van der Waals surface area (Å²) in [7, 11) is 0. The van der Waals surface area contributed by atoms with Crippen LogP contribution >= 0.6 is 0 Å². The quantitative estimate of drug-likeness (QED) is 0.661. The van der Waals surface area contributed by atoms with E-state index in [1.54, 1.807) is 18.6 Å². The second kappa shape index (κ2) is 5.77. The summed E-state index contributed by atoms with van der Waals surface area (Å²) in [6.45, 7) is 3.76. The molecule has 2 heterocycles. The van der Waals surface area contributed by atoms with Crippen molar-refractivity contribution < 1.29 is 4.42 Å². The predicted molar refractivity (Wildman–Crippen MR) is 71.4 cm³/mol. The maximum Gasteiger partial charge on any atom is 0.150 e. The minimum atomic E-state index is 0.683. The molecule has 0 aliphatic heterocycles. The minimum absolute atomic E-state index is 0.683. The molecule has 0 unspecified atom stereocenters. The Hall–Kier alpha value is -2.43. The lowest BCUT2D eigenvalue weighted by atomic mass is 10.4. The normalized spacial score (nSPS) is 11.4. The van der Waals surface area contributed by atoms with Gasteiger partial charge in [-0.05, 0) is 38.1 Å². The van der Waals surface area contributed by atoms with Gasteiger partial charge in [-0.3, -0.25) is 5.43 Å². The second-order valence-electron chi connectivity index (χ2n) is 3.71. The molecule has 18 heavy (non-hydrogen) atoms. The first-order chi connectivity index (χ1) is 8.74. The Kier molecular flexibility index (Phi) is 3.86. The molecule has 0 fully saturated rings. The number of furan rings is 1. The highest BCUT2D eigenvalue weighted by Crippen LogP contribution is 2.05. The Morgan fingerprint density at radius 3 is 2.94 bits per heavy atom. The first-order valence-corrected chi connectivity index (χ1v) is 5.55. The highest BCUT2D eigenvalue weighted by Gasteiger charge is 1.95. The third-order valence-electron chi connectivity index (χ3n) is 2.11. The Balaban J connectivity index is 1.91. The molecular weight excluding hydrogens is 228 g/mol. The molecule has 2 aromatic heterocycles. The van der Waals surface area contributed by atoms with Crippen molar-refractivity contribution in [1.29, 1.82) is 0 Å². The average molecular weight is 242 g/mol. The minimum Gasteiger partial charge on any atom is -0.465 e. The highest BCUT2D eigenvalue weighted by atomic mass is 16.3. The van der Waals surface area contributed by atoms with Crippen molar-refractivity contribution in [3.63, 3.8) is 0 Å². The molecule has 2 rings (SSSR count). The zero-order chi connectivity index (χ0) is 12.8. The van der Waals surface area contributed by atoms with Gasteiger partial charge in [0.25, 0.3) is 0 Å². The molecule has 0 aromatic carbocycles. The zero-order valence-corrected chi connectivity index (χ0v) is 10.3. The fourth-order valence-corrected chi connectivity index (χ4v) is 1.44. The zero-order valence-electron chi connectivity index (χ0n) is 10.3. The van der Waals surface area contributed by atoms with Crippen LogP contribution in [0.25, 0.3) is 6.08 Å². The van der Waals surface area contributed by atoms with Crippen LogP contribution in [0.5, 0.6) is 0 Å². The SMILES string of the molecule is Cc1cc(N/N=C/C=C/c2ccco2)nc(C)n1. The van der Waals surface area contributed by atoms with E-state index in [9.17, 15) is 0 Å². The Morgan fingerprint density at radius 2 is 2.22 bits per heavy atom. The van der Waals surface area contributed by atoms with Gasteiger partial charge in [0.05, 0.1) is 6.26 Å². The van der Waals surface area contributed by atoms with Crippen molar-refractivity contribution in [3.05, 3.63) is 47.8 Å². The molecule has 0 saturated heterocycles. The summed E-state index contributed by atoms with van der Waals surface area (Å²) in [6.07, 6.45) is 6.87. The molecule has 0 radical (unpaired) electrons. The number of aromatic nitrogens is 2. The standard InChI is InChI=1S/C13H14N4O/c1-10-9-13(16-11(2)15-10)17-14-7-3-5-12-6-4-8-18-12/h3-9H,1-2H3,(H,15,16,17)/b5-3+,14-7+. The van der Waals surface area contributed by atoms with Crippen LogP contribution in [0.1, 0.15) is 17.3 Å². The highest BCUT2D eigenvalue weighted by molar-refractivity contribution is 5.77. The van der Waals surface area contributed by atoms with Gasteiger partial charge >= 0.3 is 0 Å². The molecule has 0 spiro atoms. The van der Waals surface area contributed by atoms with E-state index in [-0.39, 0.29) is 0 Å². The van der Waals surface area contributed by atoms with Gasteiger partial charge in [-0.2, -0.15) is 5.10 Å². The number of anilines is 1. The monoisotopic (exact) mass is 242 g/mol. The van der Waals surface area contributed by atoms with E-state index in [1.807, 2.05) is 38.1 Å². The van der Waals surface area contributed by atoms with E-state index in [0.717, 1.165) is 17.3 Å². The Bertz CT molecular complexity index is 538. The summed E-state index contributed by atoms with van der Waals surface area (Å²) in [5, 5.41) is 4.03. The van der Waals surface area contributed by atoms with Crippen molar-refractivity contribution in [3.8, 4) is 0 Å². The van der Waals surface area contributed by atoms with E-state index in [1.165, 1.54) is 0 Å². The summed E-state index contributed by atoms with van der Waals surface area (Å²) in [5.74, 6) is 2.19. The van der Waals surface area contributed by atoms with Crippen molar-refractivity contribution in [1.82, 2.24) is 9.97 Å². The summed E-state index contributed by atoms with van der Waals surface area (Å²) >= 11 is 0. The molecule has 0 amide bonds. The van der Waals surface area contributed by atoms with E-state index < -0.39 is 0 Å². The fourth-order valence-electron chi connectivity index (χ4n) is 1.44. The van der Waals surface area contributed by atoms with Gasteiger partial charge < -0.3 is 4.42 Å². The van der Waals surface area contributed by atoms with Gasteiger partial charge in [-0.15, -0.1) is 0 Å². The summed E-state index contributed by atoms with van der Waals surface area (Å²) in [6, 6.07) is 5.54. The number of rotatable bonds is 4. The lowest BCUT2D eigenvalue weighted by Gasteiger charge is -2.00. The van der Waals surface area contributed by atoms with E-state index in [4.69, 9.17) is 4.42 Å². The molecule has 2 aromatic rings. The van der Waals surface area contributed by atoms with Gasteiger partial charge in [0.2, 0.25) is 0 Å². The predicted octanol–water partition coefficient (Wildman–Crippen LogP) is 2.80. The van der Waals surface area contributed by atoms with E-state index >= 15 is 0 Å². The summed E-state index contributed by atoms with van der Waals surface area (Å²) in [5.41, 5.74) is 3.75. The van der Waals surface area contributed by atoms with Crippen LogP contribution in [-0.4, -0.2) is 16.2 Å².